The van der Waals surface area contributed by atoms with Crippen LogP contribution in [0.5, 0.6) is 0 Å². The summed E-state index contributed by atoms with van der Waals surface area (Å²) in [6, 6.07) is 17.7. The van der Waals surface area contributed by atoms with Crippen molar-refractivity contribution in [3.8, 4) is 12.1 Å². The van der Waals surface area contributed by atoms with Gasteiger partial charge in [-0.1, -0.05) is 23.2 Å². The van der Waals surface area contributed by atoms with E-state index in [4.69, 9.17) is 23.2 Å². The van der Waals surface area contributed by atoms with Crippen molar-refractivity contribution in [3.05, 3.63) is 70.0 Å². The third kappa shape index (κ3) is 4.01. The van der Waals surface area contributed by atoms with Gasteiger partial charge in [0.05, 0.1) is 0 Å². The molecule has 1 aromatic heterocycles. The number of hydrogen-bond acceptors (Lipinski definition) is 6. The molecule has 3 aromatic rings. The summed E-state index contributed by atoms with van der Waals surface area (Å²) in [6.07, 6.45) is 0. The van der Waals surface area contributed by atoms with Gasteiger partial charge in [0.15, 0.2) is 23.0 Å². The summed E-state index contributed by atoms with van der Waals surface area (Å²) >= 11 is 11.8. The van der Waals surface area contributed by atoms with Crippen LogP contribution >= 0.6 is 23.2 Å². The Balaban J connectivity index is 2.02. The lowest BCUT2D eigenvalue weighted by Crippen LogP contribution is -2.06. The maximum Gasteiger partial charge on any atom is 0.179 e. The molecule has 0 bridgehead atoms. The third-order valence-electron chi connectivity index (χ3n) is 3.32. The van der Waals surface area contributed by atoms with Crippen LogP contribution in [0.4, 0.5) is 23.0 Å². The summed E-state index contributed by atoms with van der Waals surface area (Å²) in [4.78, 5) is 8.43. The topological polar surface area (TPSA) is 97.4 Å². The zero-order valence-electron chi connectivity index (χ0n) is 13.2. The van der Waals surface area contributed by atoms with Crippen LogP contribution in [0.15, 0.2) is 48.5 Å². The van der Waals surface area contributed by atoms with E-state index in [9.17, 15) is 10.5 Å². The van der Waals surface area contributed by atoms with E-state index in [1.165, 1.54) is 0 Å². The molecule has 3 rings (SSSR count). The van der Waals surface area contributed by atoms with E-state index in [0.29, 0.717) is 33.1 Å². The van der Waals surface area contributed by atoms with Gasteiger partial charge in [-0.15, -0.1) is 0 Å². The van der Waals surface area contributed by atoms with Crippen molar-refractivity contribution in [2.24, 2.45) is 0 Å². The number of nitrogens with zero attached hydrogens (tertiary/aromatic N) is 4. The Bertz CT molecular complexity index is 933. The van der Waals surface area contributed by atoms with Crippen molar-refractivity contribution in [3.63, 3.8) is 0 Å². The Hall–Kier alpha value is -3.32. The Morgan fingerprint density at radius 1 is 0.654 bits per heavy atom. The summed E-state index contributed by atoms with van der Waals surface area (Å²) < 4.78 is 0. The average molecular weight is 381 g/mol. The summed E-state index contributed by atoms with van der Waals surface area (Å²) in [5.41, 5.74) is 1.28. The number of rotatable bonds is 4. The van der Waals surface area contributed by atoms with Crippen LogP contribution in [-0.4, -0.2) is 9.97 Å². The van der Waals surface area contributed by atoms with Crippen molar-refractivity contribution >= 4 is 46.2 Å². The molecular formula is C18H10Cl2N6. The van der Waals surface area contributed by atoms with Crippen molar-refractivity contribution in [2.45, 2.75) is 0 Å². The lowest BCUT2D eigenvalue weighted by atomic mass is 10.3. The zero-order valence-corrected chi connectivity index (χ0v) is 14.7. The lowest BCUT2D eigenvalue weighted by Gasteiger charge is -2.13. The Kier molecular flexibility index (Phi) is 5.19. The molecule has 126 valence electrons. The number of nitriles is 2. The summed E-state index contributed by atoms with van der Waals surface area (Å²) in [7, 11) is 0. The first kappa shape index (κ1) is 17.5. The molecule has 26 heavy (non-hydrogen) atoms. The molecule has 0 unspecified atom stereocenters. The third-order valence-corrected chi connectivity index (χ3v) is 3.83. The molecule has 0 saturated heterocycles. The van der Waals surface area contributed by atoms with Gasteiger partial charge in [-0.3, -0.25) is 0 Å². The van der Waals surface area contributed by atoms with Gasteiger partial charge in [0, 0.05) is 21.4 Å². The lowest BCUT2D eigenvalue weighted by molar-refractivity contribution is 1.13. The first-order chi connectivity index (χ1) is 12.6. The number of hydrogen-bond donors (Lipinski definition) is 2. The molecule has 2 aromatic carbocycles. The van der Waals surface area contributed by atoms with Crippen LogP contribution in [0.1, 0.15) is 11.4 Å². The van der Waals surface area contributed by atoms with Crippen LogP contribution < -0.4 is 10.6 Å². The zero-order chi connectivity index (χ0) is 18.5. The van der Waals surface area contributed by atoms with Gasteiger partial charge in [-0.25, -0.2) is 9.97 Å². The number of anilines is 4. The van der Waals surface area contributed by atoms with Gasteiger partial charge in [0.1, 0.15) is 12.1 Å². The fraction of sp³-hybridized carbons (Fsp3) is 0. The fourth-order valence-electron chi connectivity index (χ4n) is 2.11. The van der Waals surface area contributed by atoms with Gasteiger partial charge >= 0.3 is 0 Å². The molecule has 0 radical (unpaired) electrons. The van der Waals surface area contributed by atoms with E-state index in [0.717, 1.165) is 0 Å². The Morgan fingerprint density at radius 3 is 1.31 bits per heavy atom. The molecule has 0 spiro atoms. The molecule has 0 aliphatic heterocycles. The highest BCUT2D eigenvalue weighted by atomic mass is 35.5. The molecule has 0 saturated carbocycles. The Labute approximate surface area is 159 Å². The summed E-state index contributed by atoms with van der Waals surface area (Å²) in [5, 5.41) is 25.8. The van der Waals surface area contributed by atoms with Gasteiger partial charge in [-0.05, 0) is 48.5 Å². The molecule has 0 amide bonds. The van der Waals surface area contributed by atoms with Crippen LogP contribution in [0.25, 0.3) is 0 Å². The molecule has 1 heterocycles. The van der Waals surface area contributed by atoms with E-state index in [2.05, 4.69) is 20.6 Å². The largest absolute Gasteiger partial charge is 0.337 e. The standard InChI is InChI=1S/C18H10Cl2N6/c19-11-1-5-13(6-2-11)23-17-18(24-14-7-3-12(20)4-8-14)26-16(10-22)15(9-21)25-17/h1-8H,(H,23,25)(H,24,26). The highest BCUT2D eigenvalue weighted by molar-refractivity contribution is 6.30. The number of aromatic nitrogens is 2. The van der Waals surface area contributed by atoms with Crippen LogP contribution in [-0.2, 0) is 0 Å². The van der Waals surface area contributed by atoms with Crippen molar-refractivity contribution in [2.75, 3.05) is 10.6 Å². The van der Waals surface area contributed by atoms with E-state index in [-0.39, 0.29) is 11.4 Å². The van der Waals surface area contributed by atoms with Crippen LogP contribution in [0.2, 0.25) is 10.0 Å². The van der Waals surface area contributed by atoms with Gasteiger partial charge < -0.3 is 10.6 Å². The van der Waals surface area contributed by atoms with Gasteiger partial charge in [-0.2, -0.15) is 10.5 Å². The maximum absolute atomic E-state index is 9.20. The molecule has 2 N–H and O–H groups in total. The average Bonchev–Trinajstić information content (AvgIpc) is 2.66. The second kappa shape index (κ2) is 7.71. The molecule has 0 fully saturated rings. The second-order valence-electron chi connectivity index (χ2n) is 5.11. The number of halogens is 2. The monoisotopic (exact) mass is 380 g/mol. The predicted octanol–water partition coefficient (Wildman–Crippen LogP) is 5.01. The minimum atomic E-state index is -0.0642. The number of benzene rings is 2. The molecule has 0 aliphatic carbocycles. The number of nitrogens with one attached hydrogen (secondary N) is 2. The normalized spacial score (nSPS) is 9.85. The van der Waals surface area contributed by atoms with Crippen LogP contribution in [0.3, 0.4) is 0 Å². The van der Waals surface area contributed by atoms with Crippen LogP contribution in [0, 0.1) is 22.7 Å². The molecule has 0 atom stereocenters. The minimum Gasteiger partial charge on any atom is -0.337 e. The van der Waals surface area contributed by atoms with Gasteiger partial charge in [0.2, 0.25) is 0 Å². The molecule has 6 nitrogen and oxygen atoms in total. The van der Waals surface area contributed by atoms with E-state index in [1.54, 1.807) is 48.5 Å². The second-order valence-corrected chi connectivity index (χ2v) is 5.98. The molecule has 0 aliphatic rings. The predicted molar refractivity (Wildman–Crippen MR) is 101 cm³/mol. The van der Waals surface area contributed by atoms with Crippen molar-refractivity contribution in [1.29, 1.82) is 10.5 Å². The van der Waals surface area contributed by atoms with E-state index >= 15 is 0 Å². The SMILES string of the molecule is N#Cc1nc(Nc2ccc(Cl)cc2)c(Nc2ccc(Cl)cc2)nc1C#N. The first-order valence-corrected chi connectivity index (χ1v) is 8.12. The first-order valence-electron chi connectivity index (χ1n) is 7.36. The minimum absolute atomic E-state index is 0.0642. The van der Waals surface area contributed by atoms with Crippen molar-refractivity contribution in [1.82, 2.24) is 9.97 Å². The maximum atomic E-state index is 9.20. The molecule has 8 heteroatoms. The summed E-state index contributed by atoms with van der Waals surface area (Å²) in [5.74, 6) is 0.607. The highest BCUT2D eigenvalue weighted by Gasteiger charge is 2.14. The van der Waals surface area contributed by atoms with E-state index < -0.39 is 0 Å². The molecular weight excluding hydrogens is 371 g/mol. The highest BCUT2D eigenvalue weighted by Crippen LogP contribution is 2.27. The Morgan fingerprint density at radius 2 is 1.00 bits per heavy atom. The quantitative estimate of drug-likeness (QED) is 0.659. The van der Waals surface area contributed by atoms with Gasteiger partial charge in [0.25, 0.3) is 0 Å². The van der Waals surface area contributed by atoms with Crippen molar-refractivity contribution < 1.29 is 0 Å². The summed E-state index contributed by atoms with van der Waals surface area (Å²) in [6.45, 7) is 0. The van der Waals surface area contributed by atoms with E-state index in [1.807, 2.05) is 12.1 Å². The fourth-order valence-corrected chi connectivity index (χ4v) is 2.36. The smallest absolute Gasteiger partial charge is 0.179 e.